The Morgan fingerprint density at radius 1 is 0.926 bits per heavy atom. The second-order valence-corrected chi connectivity index (χ2v) is 9.11. The van der Waals surface area contributed by atoms with E-state index in [0.717, 1.165) is 11.1 Å². The zero-order valence-corrected chi connectivity index (χ0v) is 17.2. The van der Waals surface area contributed by atoms with Crippen molar-refractivity contribution < 1.29 is 9.52 Å². The van der Waals surface area contributed by atoms with E-state index in [0.29, 0.717) is 32.7 Å². The molecule has 1 N–H and O–H groups in total. The molecule has 1 saturated carbocycles. The molecule has 0 spiro atoms. The number of rotatable bonds is 3. The van der Waals surface area contributed by atoms with Gasteiger partial charge in [0.15, 0.2) is 0 Å². The average Bonchev–Trinajstić information content (AvgIpc) is 3.06. The highest BCUT2D eigenvalue weighted by atomic mass is 35.5. The Morgan fingerprint density at radius 2 is 1.59 bits per heavy atom. The van der Waals surface area contributed by atoms with Gasteiger partial charge in [0.2, 0.25) is 0 Å². The number of halogens is 2. The second kappa shape index (κ2) is 7.07. The molecule has 1 aliphatic carbocycles. The number of fused-ring (bicyclic) bond motifs is 1. The topological polar surface area (TPSA) is 33.4 Å². The minimum absolute atomic E-state index is 0.00158. The Balaban J connectivity index is 1.77. The highest BCUT2D eigenvalue weighted by Crippen LogP contribution is 2.44. The Labute approximate surface area is 170 Å². The lowest BCUT2D eigenvalue weighted by molar-refractivity contribution is 0.235. The number of phenolic OH excluding ortho intramolecular Hbond substituents is 1. The van der Waals surface area contributed by atoms with Gasteiger partial charge in [-0.1, -0.05) is 56.3 Å². The van der Waals surface area contributed by atoms with Crippen LogP contribution in [0.1, 0.15) is 51.5 Å². The van der Waals surface area contributed by atoms with E-state index in [1.165, 1.54) is 32.1 Å². The molecule has 0 saturated heterocycles. The van der Waals surface area contributed by atoms with Gasteiger partial charge >= 0.3 is 0 Å². The van der Waals surface area contributed by atoms with E-state index in [2.05, 4.69) is 19.9 Å². The first-order chi connectivity index (χ1) is 12.8. The fraction of sp³-hybridized carbons (Fsp3) is 0.391. The normalized spacial score (nSPS) is 16.1. The molecule has 142 valence electrons. The predicted molar refractivity (Wildman–Crippen MR) is 113 cm³/mol. The van der Waals surface area contributed by atoms with Crippen molar-refractivity contribution in [3.05, 3.63) is 52.0 Å². The Bertz CT molecular complexity index is 961. The minimum Gasteiger partial charge on any atom is -0.507 e. The van der Waals surface area contributed by atoms with Gasteiger partial charge in [0, 0.05) is 15.6 Å². The van der Waals surface area contributed by atoms with E-state index >= 15 is 0 Å². The van der Waals surface area contributed by atoms with E-state index in [4.69, 9.17) is 27.6 Å². The molecule has 1 aromatic heterocycles. The quantitative estimate of drug-likeness (QED) is 0.481. The van der Waals surface area contributed by atoms with Gasteiger partial charge in [0.1, 0.15) is 17.1 Å². The summed E-state index contributed by atoms with van der Waals surface area (Å²) in [6, 6.07) is 11.2. The third kappa shape index (κ3) is 3.58. The van der Waals surface area contributed by atoms with E-state index in [1.54, 1.807) is 6.07 Å². The molecule has 1 heterocycles. The predicted octanol–water partition coefficient (Wildman–Crippen LogP) is 7.97. The zero-order chi connectivity index (χ0) is 19.2. The fourth-order valence-corrected chi connectivity index (χ4v) is 4.92. The molecule has 4 heteroatoms. The number of furan rings is 1. The molecule has 1 aliphatic rings. The third-order valence-electron chi connectivity index (χ3n) is 6.13. The van der Waals surface area contributed by atoms with Crippen LogP contribution >= 0.6 is 23.2 Å². The monoisotopic (exact) mass is 402 g/mol. The van der Waals surface area contributed by atoms with Crippen molar-refractivity contribution >= 4 is 34.2 Å². The van der Waals surface area contributed by atoms with Crippen LogP contribution in [-0.2, 0) is 5.41 Å². The van der Waals surface area contributed by atoms with Crippen molar-refractivity contribution in [1.82, 2.24) is 0 Å². The third-order valence-corrected chi connectivity index (χ3v) is 6.57. The summed E-state index contributed by atoms with van der Waals surface area (Å²) in [5.41, 5.74) is 2.62. The molecule has 2 aromatic carbocycles. The van der Waals surface area contributed by atoms with E-state index in [-0.39, 0.29) is 11.2 Å². The number of hydrogen-bond donors (Lipinski definition) is 1. The van der Waals surface area contributed by atoms with Crippen molar-refractivity contribution in [2.45, 2.75) is 51.4 Å². The molecule has 0 amide bonds. The number of hydrogen-bond acceptors (Lipinski definition) is 2. The van der Waals surface area contributed by atoms with Gasteiger partial charge < -0.3 is 9.52 Å². The summed E-state index contributed by atoms with van der Waals surface area (Å²) in [5, 5.41) is 12.5. The molecule has 0 bridgehead atoms. The molecular weight excluding hydrogens is 379 g/mol. The first-order valence-corrected chi connectivity index (χ1v) is 10.3. The van der Waals surface area contributed by atoms with Gasteiger partial charge in [0.05, 0.1) is 5.39 Å². The average molecular weight is 403 g/mol. The first-order valence-electron chi connectivity index (χ1n) is 9.58. The lowest BCUT2D eigenvalue weighted by atomic mass is 9.67. The van der Waals surface area contributed by atoms with Crippen LogP contribution < -0.4 is 0 Å². The highest BCUT2D eigenvalue weighted by molar-refractivity contribution is 6.35. The van der Waals surface area contributed by atoms with Crippen LogP contribution in [0.15, 0.2) is 40.8 Å². The maximum Gasteiger partial charge on any atom is 0.138 e. The molecule has 3 aromatic rings. The molecular formula is C23H24Cl2O2. The maximum absolute atomic E-state index is 10.7. The van der Waals surface area contributed by atoms with Gasteiger partial charge in [-0.2, -0.15) is 0 Å². The van der Waals surface area contributed by atoms with Crippen LogP contribution in [0.2, 0.25) is 10.0 Å². The standard InChI is InChI=1S/C23H24Cl2O2/c1-23(2,15-6-4-3-5-7-15)16-10-20(26)19-13-21(27-22(19)11-16)14-8-17(24)12-18(25)9-14/h8-13,15,26H,3-7H2,1-2H3. The van der Waals surface area contributed by atoms with Gasteiger partial charge in [-0.25, -0.2) is 0 Å². The molecule has 0 radical (unpaired) electrons. The smallest absolute Gasteiger partial charge is 0.138 e. The lowest BCUT2D eigenvalue weighted by Crippen LogP contribution is -2.30. The first kappa shape index (κ1) is 18.7. The molecule has 27 heavy (non-hydrogen) atoms. The largest absolute Gasteiger partial charge is 0.507 e. The van der Waals surface area contributed by atoms with E-state index < -0.39 is 0 Å². The fourth-order valence-electron chi connectivity index (χ4n) is 4.39. The Morgan fingerprint density at radius 3 is 2.26 bits per heavy atom. The van der Waals surface area contributed by atoms with Gasteiger partial charge in [-0.15, -0.1) is 0 Å². The van der Waals surface area contributed by atoms with Crippen LogP contribution in [0.5, 0.6) is 5.75 Å². The summed E-state index contributed by atoms with van der Waals surface area (Å²) in [6.07, 6.45) is 6.42. The van der Waals surface area contributed by atoms with Crippen LogP contribution in [0.25, 0.3) is 22.3 Å². The summed E-state index contributed by atoms with van der Waals surface area (Å²) in [6.45, 7) is 4.56. The van der Waals surface area contributed by atoms with E-state index in [1.807, 2.05) is 24.3 Å². The Kier molecular flexibility index (Phi) is 4.90. The molecule has 1 fully saturated rings. The van der Waals surface area contributed by atoms with Crippen molar-refractivity contribution in [1.29, 1.82) is 0 Å². The molecule has 0 aliphatic heterocycles. The van der Waals surface area contributed by atoms with Crippen molar-refractivity contribution in [3.63, 3.8) is 0 Å². The van der Waals surface area contributed by atoms with Crippen LogP contribution in [0.3, 0.4) is 0 Å². The second-order valence-electron chi connectivity index (χ2n) is 8.23. The summed E-state index contributed by atoms with van der Waals surface area (Å²) in [7, 11) is 0. The van der Waals surface area contributed by atoms with Crippen molar-refractivity contribution in [3.8, 4) is 17.1 Å². The van der Waals surface area contributed by atoms with Crippen LogP contribution in [-0.4, -0.2) is 5.11 Å². The number of phenols is 1. The minimum atomic E-state index is -0.00158. The van der Waals surface area contributed by atoms with Gasteiger partial charge in [0.25, 0.3) is 0 Å². The summed E-state index contributed by atoms with van der Waals surface area (Å²) in [5.74, 6) is 1.54. The molecule has 4 rings (SSSR count). The summed E-state index contributed by atoms with van der Waals surface area (Å²) >= 11 is 12.3. The van der Waals surface area contributed by atoms with Gasteiger partial charge in [-0.3, -0.25) is 0 Å². The SMILES string of the molecule is CC(C)(c1cc(O)c2cc(-c3cc(Cl)cc(Cl)c3)oc2c1)C1CCCCC1. The highest BCUT2D eigenvalue weighted by Gasteiger charge is 2.33. The zero-order valence-electron chi connectivity index (χ0n) is 15.7. The van der Waals surface area contributed by atoms with Crippen molar-refractivity contribution in [2.24, 2.45) is 5.92 Å². The number of benzene rings is 2. The number of aromatic hydroxyl groups is 1. The van der Waals surface area contributed by atoms with Crippen LogP contribution in [0, 0.1) is 5.92 Å². The maximum atomic E-state index is 10.7. The van der Waals surface area contributed by atoms with Crippen molar-refractivity contribution in [2.75, 3.05) is 0 Å². The van der Waals surface area contributed by atoms with Crippen LogP contribution in [0.4, 0.5) is 0 Å². The lowest BCUT2D eigenvalue weighted by Gasteiger charge is -2.37. The van der Waals surface area contributed by atoms with E-state index in [9.17, 15) is 5.11 Å². The Hall–Kier alpha value is -1.64. The summed E-state index contributed by atoms with van der Waals surface area (Å²) < 4.78 is 6.09. The molecule has 2 nitrogen and oxygen atoms in total. The summed E-state index contributed by atoms with van der Waals surface area (Å²) in [4.78, 5) is 0. The van der Waals surface area contributed by atoms with Gasteiger partial charge in [-0.05, 0) is 66.1 Å². The molecule has 0 atom stereocenters. The molecule has 0 unspecified atom stereocenters.